The standard InChI is InChI=1S/C11H14N2O/c1-7-3-4-8(2)9(5-7)10-6-12-11(14)13-10/h3-5,10H,6H2,1-2H3,(H2,12,13,14)/t10-/m1/s1. The largest absolute Gasteiger partial charge is 0.336 e. The Bertz CT molecular complexity index is 374. The minimum absolute atomic E-state index is 0.0732. The first-order chi connectivity index (χ1) is 6.66. The Hall–Kier alpha value is -1.51. The summed E-state index contributed by atoms with van der Waals surface area (Å²) < 4.78 is 0. The molecule has 0 radical (unpaired) electrons. The van der Waals surface area contributed by atoms with Crippen molar-refractivity contribution < 1.29 is 4.79 Å². The number of nitrogens with one attached hydrogen (secondary N) is 2. The summed E-state index contributed by atoms with van der Waals surface area (Å²) >= 11 is 0. The molecular formula is C11H14N2O. The van der Waals surface area contributed by atoms with Crippen LogP contribution in [0, 0.1) is 13.8 Å². The van der Waals surface area contributed by atoms with Crippen LogP contribution in [0.25, 0.3) is 0 Å². The molecule has 1 heterocycles. The molecule has 3 heteroatoms. The van der Waals surface area contributed by atoms with E-state index in [0.717, 1.165) is 0 Å². The first-order valence-corrected chi connectivity index (χ1v) is 4.78. The molecule has 0 bridgehead atoms. The molecule has 1 aromatic rings. The molecule has 1 aliphatic rings. The van der Waals surface area contributed by atoms with Gasteiger partial charge in [-0.3, -0.25) is 0 Å². The van der Waals surface area contributed by atoms with Crippen molar-refractivity contribution >= 4 is 6.03 Å². The van der Waals surface area contributed by atoms with E-state index in [1.54, 1.807) is 0 Å². The van der Waals surface area contributed by atoms with Crippen LogP contribution in [0.3, 0.4) is 0 Å². The molecule has 1 atom stereocenters. The van der Waals surface area contributed by atoms with E-state index in [4.69, 9.17) is 0 Å². The summed E-state index contributed by atoms with van der Waals surface area (Å²) in [5, 5.41) is 5.65. The Morgan fingerprint density at radius 3 is 2.79 bits per heavy atom. The third-order valence-corrected chi connectivity index (χ3v) is 2.58. The summed E-state index contributed by atoms with van der Waals surface area (Å²) in [5.74, 6) is 0. The normalized spacial score (nSPS) is 20.4. The monoisotopic (exact) mass is 190 g/mol. The van der Waals surface area contributed by atoms with Crippen molar-refractivity contribution in [2.75, 3.05) is 6.54 Å². The van der Waals surface area contributed by atoms with Crippen molar-refractivity contribution in [3.63, 3.8) is 0 Å². The summed E-state index contributed by atoms with van der Waals surface area (Å²) in [6.07, 6.45) is 0. The molecule has 14 heavy (non-hydrogen) atoms. The molecule has 74 valence electrons. The maximum absolute atomic E-state index is 11.0. The number of benzene rings is 1. The van der Waals surface area contributed by atoms with Gasteiger partial charge < -0.3 is 10.6 Å². The molecule has 2 N–H and O–H groups in total. The SMILES string of the molecule is Cc1ccc(C)c([C@H]2CNC(=O)N2)c1. The minimum atomic E-state index is -0.0732. The highest BCUT2D eigenvalue weighted by Crippen LogP contribution is 2.20. The zero-order chi connectivity index (χ0) is 10.1. The van der Waals surface area contributed by atoms with Crippen LogP contribution in [0.5, 0.6) is 0 Å². The molecule has 1 saturated heterocycles. The van der Waals surface area contributed by atoms with Crippen LogP contribution < -0.4 is 10.6 Å². The average Bonchev–Trinajstić information content (AvgIpc) is 2.56. The molecule has 0 aliphatic carbocycles. The summed E-state index contributed by atoms with van der Waals surface area (Å²) in [7, 11) is 0. The predicted octanol–water partition coefficient (Wildman–Crippen LogP) is 1.66. The van der Waals surface area contributed by atoms with Gasteiger partial charge in [0.25, 0.3) is 0 Å². The Morgan fingerprint density at radius 1 is 1.36 bits per heavy atom. The Kier molecular flexibility index (Phi) is 2.15. The fourth-order valence-electron chi connectivity index (χ4n) is 1.78. The van der Waals surface area contributed by atoms with Crippen molar-refractivity contribution in [2.45, 2.75) is 19.9 Å². The van der Waals surface area contributed by atoms with E-state index >= 15 is 0 Å². The van der Waals surface area contributed by atoms with Crippen molar-refractivity contribution in [1.82, 2.24) is 10.6 Å². The van der Waals surface area contributed by atoms with Crippen LogP contribution in [0.1, 0.15) is 22.7 Å². The number of urea groups is 1. The topological polar surface area (TPSA) is 41.1 Å². The predicted molar refractivity (Wildman–Crippen MR) is 55.2 cm³/mol. The number of hydrogen-bond acceptors (Lipinski definition) is 1. The third kappa shape index (κ3) is 1.58. The van der Waals surface area contributed by atoms with Gasteiger partial charge >= 0.3 is 6.03 Å². The fraction of sp³-hybridized carbons (Fsp3) is 0.364. The van der Waals surface area contributed by atoms with Crippen LogP contribution in [0.2, 0.25) is 0 Å². The van der Waals surface area contributed by atoms with Crippen molar-refractivity contribution in [1.29, 1.82) is 0 Å². The van der Waals surface area contributed by atoms with Gasteiger partial charge in [-0.1, -0.05) is 23.8 Å². The fourth-order valence-corrected chi connectivity index (χ4v) is 1.78. The Balaban J connectivity index is 2.31. The first-order valence-electron chi connectivity index (χ1n) is 4.78. The molecule has 0 saturated carbocycles. The molecule has 3 nitrogen and oxygen atoms in total. The summed E-state index contributed by atoms with van der Waals surface area (Å²) in [6.45, 7) is 4.81. The minimum Gasteiger partial charge on any atom is -0.336 e. The second kappa shape index (κ2) is 3.33. The zero-order valence-corrected chi connectivity index (χ0v) is 8.42. The average molecular weight is 190 g/mol. The Labute approximate surface area is 83.5 Å². The van der Waals surface area contributed by atoms with E-state index < -0.39 is 0 Å². The van der Waals surface area contributed by atoms with Crippen molar-refractivity contribution in [3.05, 3.63) is 34.9 Å². The Morgan fingerprint density at radius 2 is 2.14 bits per heavy atom. The highest BCUT2D eigenvalue weighted by atomic mass is 16.2. The second-order valence-electron chi connectivity index (χ2n) is 3.77. The number of carbonyl (C=O) groups is 1. The molecule has 2 rings (SSSR count). The van der Waals surface area contributed by atoms with Crippen LogP contribution in [0.4, 0.5) is 4.79 Å². The molecule has 2 amide bonds. The molecule has 1 aromatic carbocycles. The van der Waals surface area contributed by atoms with Gasteiger partial charge in [0, 0.05) is 6.54 Å². The lowest BCUT2D eigenvalue weighted by Crippen LogP contribution is -2.22. The first kappa shape index (κ1) is 9.06. The summed E-state index contributed by atoms with van der Waals surface area (Å²) in [6, 6.07) is 6.36. The van der Waals surface area contributed by atoms with E-state index in [2.05, 4.69) is 42.7 Å². The van der Waals surface area contributed by atoms with Crippen molar-refractivity contribution in [2.24, 2.45) is 0 Å². The lowest BCUT2D eigenvalue weighted by Gasteiger charge is -2.12. The van der Waals surface area contributed by atoms with E-state index in [9.17, 15) is 4.79 Å². The van der Waals surface area contributed by atoms with Crippen LogP contribution >= 0.6 is 0 Å². The van der Waals surface area contributed by atoms with E-state index in [0.29, 0.717) is 6.54 Å². The molecular weight excluding hydrogens is 176 g/mol. The van der Waals surface area contributed by atoms with Gasteiger partial charge in [0.2, 0.25) is 0 Å². The number of aryl methyl sites for hydroxylation is 2. The van der Waals surface area contributed by atoms with E-state index in [1.165, 1.54) is 16.7 Å². The smallest absolute Gasteiger partial charge is 0.315 e. The number of hydrogen-bond donors (Lipinski definition) is 2. The maximum Gasteiger partial charge on any atom is 0.315 e. The molecule has 0 spiro atoms. The van der Waals surface area contributed by atoms with E-state index in [1.807, 2.05) is 0 Å². The van der Waals surface area contributed by atoms with Gasteiger partial charge in [-0.15, -0.1) is 0 Å². The van der Waals surface area contributed by atoms with Crippen LogP contribution in [-0.2, 0) is 0 Å². The summed E-state index contributed by atoms with van der Waals surface area (Å²) in [5.41, 5.74) is 3.67. The van der Waals surface area contributed by atoms with E-state index in [-0.39, 0.29) is 12.1 Å². The molecule has 0 aromatic heterocycles. The van der Waals surface area contributed by atoms with Crippen LogP contribution in [-0.4, -0.2) is 12.6 Å². The van der Waals surface area contributed by atoms with Gasteiger partial charge in [-0.2, -0.15) is 0 Å². The quantitative estimate of drug-likeness (QED) is 0.694. The second-order valence-corrected chi connectivity index (χ2v) is 3.77. The molecule has 1 fully saturated rings. The zero-order valence-electron chi connectivity index (χ0n) is 8.42. The number of carbonyl (C=O) groups excluding carboxylic acids is 1. The number of amides is 2. The molecule has 0 unspecified atom stereocenters. The summed E-state index contributed by atoms with van der Waals surface area (Å²) in [4.78, 5) is 11.0. The lowest BCUT2D eigenvalue weighted by atomic mass is 9.99. The van der Waals surface area contributed by atoms with Crippen LogP contribution in [0.15, 0.2) is 18.2 Å². The van der Waals surface area contributed by atoms with Crippen molar-refractivity contribution in [3.8, 4) is 0 Å². The van der Waals surface area contributed by atoms with Gasteiger partial charge in [-0.25, -0.2) is 4.79 Å². The highest BCUT2D eigenvalue weighted by molar-refractivity contribution is 5.77. The maximum atomic E-state index is 11.0. The lowest BCUT2D eigenvalue weighted by molar-refractivity contribution is 0.247. The van der Waals surface area contributed by atoms with Gasteiger partial charge in [0.1, 0.15) is 0 Å². The van der Waals surface area contributed by atoms with Gasteiger partial charge in [0.05, 0.1) is 6.04 Å². The highest BCUT2D eigenvalue weighted by Gasteiger charge is 2.22. The number of rotatable bonds is 1. The van der Waals surface area contributed by atoms with Gasteiger partial charge in [-0.05, 0) is 25.0 Å². The van der Waals surface area contributed by atoms with Gasteiger partial charge in [0.15, 0.2) is 0 Å². The molecule has 1 aliphatic heterocycles. The third-order valence-electron chi connectivity index (χ3n) is 2.58.